The Hall–Kier alpha value is 0.0600. The van der Waals surface area contributed by atoms with Crippen LogP contribution in [0.2, 0.25) is 0 Å². The van der Waals surface area contributed by atoms with Gasteiger partial charge in [0, 0.05) is 0 Å². The predicted octanol–water partition coefficient (Wildman–Crippen LogP) is 0.571. The molecule has 0 bridgehead atoms. The molecule has 0 aromatic heterocycles. The van der Waals surface area contributed by atoms with E-state index >= 15 is 0 Å². The molecule has 11 nitrogen and oxygen atoms in total. The van der Waals surface area contributed by atoms with Gasteiger partial charge in [0.2, 0.25) is 0 Å². The quantitative estimate of drug-likeness (QED) is 0.215. The summed E-state index contributed by atoms with van der Waals surface area (Å²) in [7, 11) is -8.17. The van der Waals surface area contributed by atoms with Crippen LogP contribution in [0.3, 0.4) is 0 Å². The van der Waals surface area contributed by atoms with Crippen LogP contribution in [0.1, 0.15) is 34.6 Å². The molecule has 0 aromatic rings. The fourth-order valence-electron chi connectivity index (χ4n) is 1.53. The van der Waals surface area contributed by atoms with Gasteiger partial charge in [0.1, 0.15) is 0 Å². The molecular formula is C14H29F2NaO11P2. The second-order valence-electron chi connectivity index (χ2n) is 4.51. The zero-order valence-corrected chi connectivity index (χ0v) is 21.7. The molecule has 0 aliphatic heterocycles. The van der Waals surface area contributed by atoms with E-state index < -0.39 is 39.0 Å². The monoisotopic (exact) mass is 496 g/mol. The van der Waals surface area contributed by atoms with Crippen LogP contribution in [0.25, 0.3) is 0 Å². The molecule has 0 aliphatic rings. The Morgan fingerprint density at radius 1 is 0.767 bits per heavy atom. The molecule has 0 heterocycles. The molecule has 0 radical (unpaired) electrons. The summed E-state index contributed by atoms with van der Waals surface area (Å²) in [6.45, 7) is 7.41. The van der Waals surface area contributed by atoms with Gasteiger partial charge in [0.15, 0.2) is 0 Å². The number of carbonyl (C=O) groups is 2. The minimum atomic E-state index is -4.13. The first-order chi connectivity index (χ1) is 13.0. The van der Waals surface area contributed by atoms with Crippen molar-refractivity contribution in [3.8, 4) is 0 Å². The van der Waals surface area contributed by atoms with Crippen LogP contribution in [0.4, 0.5) is 8.78 Å². The molecule has 0 spiro atoms. The maximum Gasteiger partial charge on any atom is 1.00 e. The number of aliphatic carboxylic acids is 1. The Labute approximate surface area is 196 Å². The molecule has 0 rings (SSSR count). The number of hydrogen-bond donors (Lipinski definition) is 1. The van der Waals surface area contributed by atoms with Crippen molar-refractivity contribution >= 4 is 27.1 Å². The van der Waals surface area contributed by atoms with Gasteiger partial charge in [0.05, 0.1) is 33.0 Å². The van der Waals surface area contributed by atoms with Gasteiger partial charge in [-0.3, -0.25) is 9.13 Å². The van der Waals surface area contributed by atoms with Crippen LogP contribution in [0.5, 0.6) is 0 Å². The predicted molar refractivity (Wildman–Crippen MR) is 97.7 cm³/mol. The summed E-state index contributed by atoms with van der Waals surface area (Å²) in [5, 5.41) is 8.26. The number of esters is 1. The molecule has 176 valence electrons. The maximum absolute atomic E-state index is 13.4. The zero-order valence-electron chi connectivity index (χ0n) is 17.9. The van der Waals surface area contributed by atoms with Gasteiger partial charge in [0.25, 0.3) is 11.8 Å². The SMILES string of the molecule is CCOC(=O)C(F)P(=O)(OCC)OCC.CCOP(=O)(OCC)C(F)C(=O)O.[Na+].[OH-]. The average Bonchev–Trinajstić information content (AvgIpc) is 2.61. The van der Waals surface area contributed by atoms with Crippen molar-refractivity contribution < 1.29 is 90.5 Å². The van der Waals surface area contributed by atoms with E-state index in [9.17, 15) is 27.5 Å². The number of carbonyl (C=O) groups excluding carboxylic acids is 1. The molecule has 2 unspecified atom stereocenters. The van der Waals surface area contributed by atoms with Crippen LogP contribution < -0.4 is 29.6 Å². The Balaban J connectivity index is -0.000000213. The van der Waals surface area contributed by atoms with E-state index in [-0.39, 0.29) is 68.1 Å². The smallest absolute Gasteiger partial charge is 0.870 e. The minimum Gasteiger partial charge on any atom is -0.870 e. The number of ether oxygens (including phenoxy) is 1. The van der Waals surface area contributed by atoms with Gasteiger partial charge in [-0.15, -0.1) is 0 Å². The zero-order chi connectivity index (χ0) is 22.4. The molecule has 30 heavy (non-hydrogen) atoms. The number of hydrogen-bond acceptors (Lipinski definition) is 10. The third kappa shape index (κ3) is 13.5. The topological polar surface area (TPSA) is 165 Å². The molecule has 0 saturated carbocycles. The minimum absolute atomic E-state index is 0. The van der Waals surface area contributed by atoms with Crippen molar-refractivity contribution in [3.63, 3.8) is 0 Å². The summed E-state index contributed by atoms with van der Waals surface area (Å²) < 4.78 is 72.0. The van der Waals surface area contributed by atoms with E-state index in [2.05, 4.69) is 22.8 Å². The molecule has 0 aliphatic carbocycles. The third-order valence-electron chi connectivity index (χ3n) is 2.48. The first kappa shape index (κ1) is 37.4. The van der Waals surface area contributed by atoms with E-state index in [4.69, 9.17) is 5.11 Å². The number of halogens is 2. The number of alkyl halides is 2. The molecular weight excluding hydrogens is 467 g/mol. The maximum atomic E-state index is 13.4. The molecule has 2 atom stereocenters. The second kappa shape index (κ2) is 19.7. The first-order valence-corrected chi connectivity index (χ1v) is 11.7. The molecule has 16 heteroatoms. The number of carboxylic acids is 1. The van der Waals surface area contributed by atoms with Crippen LogP contribution in [-0.4, -0.2) is 67.4 Å². The van der Waals surface area contributed by atoms with Gasteiger partial charge in [-0.2, -0.15) is 0 Å². The summed E-state index contributed by atoms with van der Waals surface area (Å²) in [5.74, 6) is -8.06. The summed E-state index contributed by atoms with van der Waals surface area (Å²) in [4.78, 5) is 21.2. The largest absolute Gasteiger partial charge is 1.00 e. The molecule has 0 saturated heterocycles. The van der Waals surface area contributed by atoms with Crippen LogP contribution in [0.15, 0.2) is 0 Å². The fourth-order valence-corrected chi connectivity index (χ4v) is 4.25. The van der Waals surface area contributed by atoms with Gasteiger partial charge in [-0.25, -0.2) is 18.4 Å². The van der Waals surface area contributed by atoms with E-state index in [0.717, 1.165) is 0 Å². The first-order valence-electron chi connectivity index (χ1n) is 8.44. The van der Waals surface area contributed by atoms with Crippen molar-refractivity contribution in [2.75, 3.05) is 33.0 Å². The normalized spacial score (nSPS) is 12.9. The van der Waals surface area contributed by atoms with E-state index in [1.54, 1.807) is 0 Å². The van der Waals surface area contributed by atoms with Crippen molar-refractivity contribution in [2.24, 2.45) is 0 Å². The molecule has 0 aromatic carbocycles. The van der Waals surface area contributed by atoms with Crippen LogP contribution in [0, 0.1) is 0 Å². The van der Waals surface area contributed by atoms with E-state index in [0.29, 0.717) is 0 Å². The second-order valence-corrected chi connectivity index (χ2v) is 8.61. The van der Waals surface area contributed by atoms with Crippen molar-refractivity contribution in [2.45, 2.75) is 46.4 Å². The van der Waals surface area contributed by atoms with Crippen LogP contribution in [-0.2, 0) is 41.6 Å². The van der Waals surface area contributed by atoms with E-state index in [1.165, 1.54) is 34.6 Å². The number of rotatable bonds is 13. The standard InChI is InChI=1S/C8H16FO5P.C6H12FO5P.Na.H2O/c1-4-12-8(10)7(9)15(11,13-5-2)14-6-3;1-3-11-13(10,12-4-2)5(7)6(8)9;;/h7H,4-6H2,1-3H3;5H,3-4H2,1-2H3,(H,8,9);;1H2/q;;+1;/p-1. The van der Waals surface area contributed by atoms with Gasteiger partial charge in [-0.05, 0) is 34.6 Å². The Morgan fingerprint density at radius 2 is 1.07 bits per heavy atom. The van der Waals surface area contributed by atoms with Crippen molar-refractivity contribution in [3.05, 3.63) is 0 Å². The third-order valence-corrected chi connectivity index (χ3v) is 6.49. The van der Waals surface area contributed by atoms with Crippen molar-refractivity contribution in [1.82, 2.24) is 0 Å². The molecule has 2 N–H and O–H groups in total. The summed E-state index contributed by atoms with van der Waals surface area (Å²) in [6, 6.07) is 0. The Bertz CT molecular complexity index is 548. The Kier molecular flexibility index (Phi) is 24.6. The van der Waals surface area contributed by atoms with Gasteiger partial charge < -0.3 is 33.4 Å². The summed E-state index contributed by atoms with van der Waals surface area (Å²) >= 11 is 0. The average molecular weight is 496 g/mol. The van der Waals surface area contributed by atoms with Crippen LogP contribution >= 0.6 is 15.2 Å². The Morgan fingerprint density at radius 3 is 1.30 bits per heavy atom. The number of carboxylic acid groups (broad SMARTS) is 1. The molecule has 0 fully saturated rings. The van der Waals surface area contributed by atoms with E-state index in [1.807, 2.05) is 0 Å². The summed E-state index contributed by atoms with van der Waals surface area (Å²) in [6.07, 6.45) is 0. The van der Waals surface area contributed by atoms with Crippen molar-refractivity contribution in [1.29, 1.82) is 0 Å². The van der Waals surface area contributed by atoms with Gasteiger partial charge >= 0.3 is 56.7 Å². The summed E-state index contributed by atoms with van der Waals surface area (Å²) in [5.41, 5.74) is 0. The molecule has 0 amide bonds. The van der Waals surface area contributed by atoms with Gasteiger partial charge in [-0.1, -0.05) is 0 Å². The fraction of sp³-hybridized carbons (Fsp3) is 0.857.